The molecular weight excluding hydrogens is 356 g/mol. The van der Waals surface area contributed by atoms with Crippen LogP contribution in [0.2, 0.25) is 0 Å². The van der Waals surface area contributed by atoms with Crippen LogP contribution in [0.3, 0.4) is 0 Å². The third-order valence-corrected chi connectivity index (χ3v) is 8.60. The molecule has 3 aliphatic rings. The Bertz CT molecular complexity index is 582. The molecule has 2 heterocycles. The van der Waals surface area contributed by atoms with Gasteiger partial charge in [-0.3, -0.25) is 4.99 Å². The highest BCUT2D eigenvalue weighted by Gasteiger charge is 2.38. The largest absolute Gasteiger partial charge is 0.356 e. The van der Waals surface area contributed by atoms with Crippen molar-refractivity contribution in [3.05, 3.63) is 0 Å². The van der Waals surface area contributed by atoms with Gasteiger partial charge in [0.25, 0.3) is 0 Å². The maximum Gasteiger partial charge on any atom is 0.211 e. The van der Waals surface area contributed by atoms with E-state index >= 15 is 0 Å². The minimum Gasteiger partial charge on any atom is -0.356 e. The Hall–Kier alpha value is -0.470. The van der Waals surface area contributed by atoms with Crippen LogP contribution in [0, 0.1) is 5.92 Å². The fourth-order valence-electron chi connectivity index (χ4n) is 4.36. The van der Waals surface area contributed by atoms with E-state index in [2.05, 4.69) is 27.0 Å². The number of guanidine groups is 1. The average molecular weight is 389 g/mol. The summed E-state index contributed by atoms with van der Waals surface area (Å²) in [4.78, 5) is 6.93. The predicted octanol–water partition coefficient (Wildman–Crippen LogP) is 1.60. The van der Waals surface area contributed by atoms with Crippen molar-refractivity contribution in [3.8, 4) is 0 Å². The molecule has 1 saturated carbocycles. The average Bonchev–Trinajstić information content (AvgIpc) is 3.06. The Balaban J connectivity index is 1.53. The fourth-order valence-corrected chi connectivity index (χ4v) is 6.84. The summed E-state index contributed by atoms with van der Waals surface area (Å²) in [6.45, 7) is 4.22. The van der Waals surface area contributed by atoms with Crippen LogP contribution in [0.4, 0.5) is 0 Å². The molecule has 1 unspecified atom stereocenters. The summed E-state index contributed by atoms with van der Waals surface area (Å²) in [5, 5.41) is 3.52. The maximum atomic E-state index is 11.7. The number of thioether (sulfide) groups is 1. The molecule has 2 aliphatic heterocycles. The molecule has 0 radical (unpaired) electrons. The summed E-state index contributed by atoms with van der Waals surface area (Å²) in [7, 11) is -1.20. The number of sulfonamides is 1. The molecule has 144 valence electrons. The summed E-state index contributed by atoms with van der Waals surface area (Å²) < 4.78 is 25.3. The standard InChI is InChI=1S/C17H32N4O2S2/c1-18-16(19-12-15-6-9-21(13-15)25(2,22)23)20-10-11-24-17(14-20)7-4-3-5-8-17/h15H,3-14H2,1-2H3,(H,18,19). The van der Waals surface area contributed by atoms with Crippen LogP contribution in [0.15, 0.2) is 4.99 Å². The van der Waals surface area contributed by atoms with Gasteiger partial charge in [-0.25, -0.2) is 12.7 Å². The zero-order valence-electron chi connectivity index (χ0n) is 15.5. The second-order valence-corrected chi connectivity index (χ2v) is 11.3. The lowest BCUT2D eigenvalue weighted by Gasteiger charge is -2.45. The van der Waals surface area contributed by atoms with Crippen molar-refractivity contribution in [3.63, 3.8) is 0 Å². The molecule has 2 saturated heterocycles. The van der Waals surface area contributed by atoms with E-state index in [-0.39, 0.29) is 0 Å². The van der Waals surface area contributed by atoms with Crippen molar-refractivity contribution < 1.29 is 8.42 Å². The van der Waals surface area contributed by atoms with Gasteiger partial charge in [-0.1, -0.05) is 19.3 Å². The highest BCUT2D eigenvalue weighted by Crippen LogP contribution is 2.42. The van der Waals surface area contributed by atoms with Gasteiger partial charge in [0.2, 0.25) is 10.0 Å². The third-order valence-electron chi connectivity index (χ3n) is 5.79. The number of nitrogens with zero attached hydrogens (tertiary/aromatic N) is 3. The van der Waals surface area contributed by atoms with Crippen LogP contribution in [-0.2, 0) is 10.0 Å². The molecule has 6 nitrogen and oxygen atoms in total. The van der Waals surface area contributed by atoms with Gasteiger partial charge < -0.3 is 10.2 Å². The molecule has 3 rings (SSSR count). The molecule has 1 atom stereocenters. The first-order valence-electron chi connectivity index (χ1n) is 9.47. The molecular formula is C17H32N4O2S2. The zero-order chi connectivity index (χ0) is 17.9. The number of hydrogen-bond donors (Lipinski definition) is 1. The van der Waals surface area contributed by atoms with Crippen LogP contribution >= 0.6 is 11.8 Å². The lowest BCUT2D eigenvalue weighted by molar-refractivity contribution is 0.292. The Morgan fingerprint density at radius 2 is 2.04 bits per heavy atom. The molecule has 0 amide bonds. The summed E-state index contributed by atoms with van der Waals surface area (Å²) in [5.74, 6) is 2.53. The monoisotopic (exact) mass is 388 g/mol. The van der Waals surface area contributed by atoms with E-state index in [1.807, 2.05) is 7.05 Å². The van der Waals surface area contributed by atoms with Gasteiger partial charge in [-0.15, -0.1) is 0 Å². The van der Waals surface area contributed by atoms with Crippen molar-refractivity contribution in [1.29, 1.82) is 0 Å². The Labute approximate surface area is 156 Å². The lowest BCUT2D eigenvalue weighted by Crippen LogP contribution is -2.54. The number of aliphatic imine (C=N–C) groups is 1. The van der Waals surface area contributed by atoms with Gasteiger partial charge in [0.05, 0.1) is 6.26 Å². The van der Waals surface area contributed by atoms with E-state index in [1.165, 1.54) is 44.1 Å². The maximum absolute atomic E-state index is 11.7. The van der Waals surface area contributed by atoms with Gasteiger partial charge in [0.1, 0.15) is 0 Å². The van der Waals surface area contributed by atoms with E-state index in [0.29, 0.717) is 23.8 Å². The second-order valence-electron chi connectivity index (χ2n) is 7.72. The van der Waals surface area contributed by atoms with Crippen molar-refractivity contribution in [2.75, 3.05) is 51.8 Å². The normalized spacial score (nSPS) is 28.5. The number of rotatable bonds is 3. The van der Waals surface area contributed by atoms with Gasteiger partial charge in [-0.2, -0.15) is 11.8 Å². The van der Waals surface area contributed by atoms with E-state index in [0.717, 1.165) is 32.0 Å². The quantitative estimate of drug-likeness (QED) is 0.588. The van der Waals surface area contributed by atoms with E-state index in [1.54, 1.807) is 4.31 Å². The molecule has 1 N–H and O–H groups in total. The van der Waals surface area contributed by atoms with E-state index < -0.39 is 10.0 Å². The van der Waals surface area contributed by atoms with Gasteiger partial charge in [0, 0.05) is 50.3 Å². The molecule has 0 aromatic carbocycles. The highest BCUT2D eigenvalue weighted by atomic mass is 32.2. The van der Waals surface area contributed by atoms with Crippen LogP contribution in [0.1, 0.15) is 38.5 Å². The van der Waals surface area contributed by atoms with Gasteiger partial charge in [0.15, 0.2) is 5.96 Å². The van der Waals surface area contributed by atoms with Crippen LogP contribution < -0.4 is 5.32 Å². The molecule has 1 spiro atoms. The third kappa shape index (κ3) is 4.83. The van der Waals surface area contributed by atoms with Crippen LogP contribution in [0.5, 0.6) is 0 Å². The number of hydrogen-bond acceptors (Lipinski definition) is 4. The first-order valence-corrected chi connectivity index (χ1v) is 12.3. The van der Waals surface area contributed by atoms with Crippen LogP contribution in [0.25, 0.3) is 0 Å². The summed E-state index contributed by atoms with van der Waals surface area (Å²) >= 11 is 2.17. The molecule has 0 aromatic heterocycles. The Kier molecular flexibility index (Phi) is 6.21. The molecule has 25 heavy (non-hydrogen) atoms. The highest BCUT2D eigenvalue weighted by molar-refractivity contribution is 8.00. The van der Waals surface area contributed by atoms with E-state index in [9.17, 15) is 8.42 Å². The number of nitrogens with one attached hydrogen (secondary N) is 1. The van der Waals surface area contributed by atoms with Crippen molar-refractivity contribution in [2.45, 2.75) is 43.3 Å². The summed E-state index contributed by atoms with van der Waals surface area (Å²) in [5.41, 5.74) is 0. The van der Waals surface area contributed by atoms with Crippen molar-refractivity contribution in [1.82, 2.24) is 14.5 Å². The van der Waals surface area contributed by atoms with Crippen molar-refractivity contribution >= 4 is 27.7 Å². The lowest BCUT2D eigenvalue weighted by atomic mass is 9.87. The predicted molar refractivity (Wildman–Crippen MR) is 106 cm³/mol. The van der Waals surface area contributed by atoms with Crippen LogP contribution in [-0.4, -0.2) is 80.1 Å². The first-order chi connectivity index (χ1) is 11.9. The van der Waals surface area contributed by atoms with Gasteiger partial charge >= 0.3 is 0 Å². The Morgan fingerprint density at radius 1 is 1.28 bits per heavy atom. The second kappa shape index (κ2) is 8.05. The van der Waals surface area contributed by atoms with Gasteiger partial charge in [-0.05, 0) is 25.2 Å². The summed E-state index contributed by atoms with van der Waals surface area (Å²) in [6.07, 6.45) is 8.99. The molecule has 3 fully saturated rings. The molecule has 1 aliphatic carbocycles. The summed E-state index contributed by atoms with van der Waals surface area (Å²) in [6, 6.07) is 0. The van der Waals surface area contributed by atoms with E-state index in [4.69, 9.17) is 0 Å². The SMILES string of the molecule is CN=C(NCC1CCN(S(C)(=O)=O)C1)N1CCSC2(CCCCC2)C1. The molecule has 0 aromatic rings. The Morgan fingerprint density at radius 3 is 2.68 bits per heavy atom. The topological polar surface area (TPSA) is 65.0 Å². The minimum atomic E-state index is -3.06. The molecule has 0 bridgehead atoms. The fraction of sp³-hybridized carbons (Fsp3) is 0.941. The smallest absolute Gasteiger partial charge is 0.211 e. The molecule has 8 heteroatoms. The zero-order valence-corrected chi connectivity index (χ0v) is 17.2. The first kappa shape index (κ1) is 19.3. The minimum absolute atomic E-state index is 0.370. The van der Waals surface area contributed by atoms with Crippen molar-refractivity contribution in [2.24, 2.45) is 10.9 Å².